The fourth-order valence-electron chi connectivity index (χ4n) is 3.79. The summed E-state index contributed by atoms with van der Waals surface area (Å²) in [4.78, 5) is 25.0. The number of halogens is 3. The van der Waals surface area contributed by atoms with Gasteiger partial charge in [0.2, 0.25) is 5.78 Å². The second-order valence-electron chi connectivity index (χ2n) is 7.90. The number of aromatic nitrogens is 5. The molecule has 4 rings (SSSR count). The van der Waals surface area contributed by atoms with Crippen molar-refractivity contribution < 1.29 is 13.2 Å². The largest absolute Gasteiger partial charge is 0.416 e. The SMILES string of the molecule is C=NN(/C=C(\C)c1nc2c([nH]1)c(=O)n(CCC)c1nccn21)CCc1cccc(C(F)(F)F)c1. The number of rotatable bonds is 8. The molecule has 0 bridgehead atoms. The molecule has 0 unspecified atom stereocenters. The summed E-state index contributed by atoms with van der Waals surface area (Å²) in [5.41, 5.74) is 1.17. The zero-order chi connectivity index (χ0) is 24.5. The van der Waals surface area contributed by atoms with Gasteiger partial charge >= 0.3 is 6.18 Å². The number of H-pyrrole nitrogens is 1. The van der Waals surface area contributed by atoms with Crippen molar-refractivity contribution in [2.45, 2.75) is 39.4 Å². The Morgan fingerprint density at radius 1 is 1.35 bits per heavy atom. The van der Waals surface area contributed by atoms with Gasteiger partial charge in [-0.3, -0.25) is 18.8 Å². The molecule has 4 aromatic rings. The molecule has 0 fully saturated rings. The van der Waals surface area contributed by atoms with E-state index in [9.17, 15) is 18.0 Å². The van der Waals surface area contributed by atoms with E-state index in [0.29, 0.717) is 53.4 Å². The monoisotopic (exact) mass is 471 g/mol. The second kappa shape index (κ2) is 9.16. The van der Waals surface area contributed by atoms with Gasteiger partial charge in [0.05, 0.1) is 5.56 Å². The van der Waals surface area contributed by atoms with E-state index in [1.807, 2.05) is 6.92 Å². The molecule has 11 heteroatoms. The van der Waals surface area contributed by atoms with Crippen LogP contribution in [-0.2, 0) is 19.1 Å². The normalized spacial score (nSPS) is 12.6. The lowest BCUT2D eigenvalue weighted by molar-refractivity contribution is -0.137. The van der Waals surface area contributed by atoms with E-state index >= 15 is 0 Å². The smallest absolute Gasteiger partial charge is 0.332 e. The molecule has 1 aromatic carbocycles. The van der Waals surface area contributed by atoms with Crippen molar-refractivity contribution in [2.75, 3.05) is 6.54 Å². The highest BCUT2D eigenvalue weighted by atomic mass is 19.4. The predicted molar refractivity (Wildman–Crippen MR) is 124 cm³/mol. The van der Waals surface area contributed by atoms with Gasteiger partial charge in [0, 0.05) is 44.0 Å². The molecule has 3 heterocycles. The van der Waals surface area contributed by atoms with Crippen LogP contribution in [-0.4, -0.2) is 42.2 Å². The number of nitrogens with zero attached hydrogens (tertiary/aromatic N) is 6. The molecule has 0 aliphatic carbocycles. The van der Waals surface area contributed by atoms with Crippen LogP contribution in [0.1, 0.15) is 37.2 Å². The highest BCUT2D eigenvalue weighted by molar-refractivity contribution is 5.76. The lowest BCUT2D eigenvalue weighted by atomic mass is 10.1. The lowest BCUT2D eigenvalue weighted by Crippen LogP contribution is -2.23. The first kappa shape index (κ1) is 23.3. The Morgan fingerprint density at radius 3 is 2.85 bits per heavy atom. The zero-order valence-electron chi connectivity index (χ0n) is 18.8. The lowest BCUT2D eigenvalue weighted by Gasteiger charge is -2.15. The Kier molecular flexibility index (Phi) is 6.27. The topological polar surface area (TPSA) is 83.6 Å². The highest BCUT2D eigenvalue weighted by Crippen LogP contribution is 2.29. The Balaban J connectivity index is 1.60. The number of aryl methyl sites for hydroxylation is 1. The molecule has 0 saturated carbocycles. The minimum Gasteiger partial charge on any atom is -0.332 e. The van der Waals surface area contributed by atoms with E-state index in [-0.39, 0.29) is 5.56 Å². The van der Waals surface area contributed by atoms with E-state index in [4.69, 9.17) is 0 Å². The molecule has 0 atom stereocenters. The third-order valence-electron chi connectivity index (χ3n) is 5.46. The number of allylic oxidation sites excluding steroid dienone is 1. The molecule has 0 saturated heterocycles. The molecular weight excluding hydrogens is 447 g/mol. The number of hydrogen-bond acceptors (Lipinski definition) is 5. The van der Waals surface area contributed by atoms with Gasteiger partial charge < -0.3 is 4.98 Å². The summed E-state index contributed by atoms with van der Waals surface area (Å²) in [6, 6.07) is 5.21. The van der Waals surface area contributed by atoms with Gasteiger partial charge in [0.15, 0.2) is 11.2 Å². The Bertz CT molecular complexity index is 1430. The molecule has 3 aromatic heterocycles. The van der Waals surface area contributed by atoms with Gasteiger partial charge in [-0.2, -0.15) is 18.3 Å². The van der Waals surface area contributed by atoms with Crippen molar-refractivity contribution in [2.24, 2.45) is 5.10 Å². The average Bonchev–Trinajstić information content (AvgIpc) is 3.46. The van der Waals surface area contributed by atoms with Crippen molar-refractivity contribution in [1.29, 1.82) is 0 Å². The maximum absolute atomic E-state index is 13.0. The number of hydrogen-bond donors (Lipinski definition) is 1. The van der Waals surface area contributed by atoms with Crippen LogP contribution in [0.4, 0.5) is 13.2 Å². The quantitative estimate of drug-likeness (QED) is 0.306. The number of alkyl halides is 3. The van der Waals surface area contributed by atoms with Gasteiger partial charge in [-0.05, 0) is 31.4 Å². The van der Waals surface area contributed by atoms with Gasteiger partial charge in [-0.25, -0.2) is 9.97 Å². The first-order valence-corrected chi connectivity index (χ1v) is 10.8. The summed E-state index contributed by atoms with van der Waals surface area (Å²) in [5, 5.41) is 5.49. The Labute approximate surface area is 193 Å². The zero-order valence-corrected chi connectivity index (χ0v) is 18.8. The number of imidazole rings is 2. The van der Waals surface area contributed by atoms with E-state index in [1.54, 1.807) is 40.6 Å². The second-order valence-corrected chi connectivity index (χ2v) is 7.90. The van der Waals surface area contributed by atoms with Gasteiger partial charge in [-0.15, -0.1) is 0 Å². The summed E-state index contributed by atoms with van der Waals surface area (Å²) < 4.78 is 42.3. The van der Waals surface area contributed by atoms with Crippen LogP contribution in [0.15, 0.2) is 52.8 Å². The molecule has 0 aliphatic rings. The van der Waals surface area contributed by atoms with Gasteiger partial charge in [0.1, 0.15) is 5.82 Å². The van der Waals surface area contributed by atoms with E-state index in [2.05, 4.69) is 26.8 Å². The van der Waals surface area contributed by atoms with E-state index in [1.165, 1.54) is 11.1 Å². The van der Waals surface area contributed by atoms with Crippen LogP contribution in [0.5, 0.6) is 0 Å². The van der Waals surface area contributed by atoms with Crippen LogP contribution in [0.3, 0.4) is 0 Å². The first-order chi connectivity index (χ1) is 16.2. The van der Waals surface area contributed by atoms with Crippen LogP contribution in [0, 0.1) is 0 Å². The number of nitrogens with one attached hydrogen (secondary N) is 1. The summed E-state index contributed by atoms with van der Waals surface area (Å²) in [6.45, 7) is 8.19. The summed E-state index contributed by atoms with van der Waals surface area (Å²) in [6.07, 6.45) is 1.78. The fourth-order valence-corrected chi connectivity index (χ4v) is 3.79. The Hall–Kier alpha value is -3.89. The summed E-state index contributed by atoms with van der Waals surface area (Å²) in [5.74, 6) is 0.999. The van der Waals surface area contributed by atoms with Crippen molar-refractivity contribution in [1.82, 2.24) is 28.9 Å². The number of hydrazone groups is 1. The van der Waals surface area contributed by atoms with Crippen molar-refractivity contribution in [3.63, 3.8) is 0 Å². The summed E-state index contributed by atoms with van der Waals surface area (Å²) >= 11 is 0. The van der Waals surface area contributed by atoms with Crippen LogP contribution >= 0.6 is 0 Å². The third-order valence-corrected chi connectivity index (χ3v) is 5.46. The van der Waals surface area contributed by atoms with Crippen molar-refractivity contribution in [3.05, 3.63) is 70.2 Å². The van der Waals surface area contributed by atoms with Crippen LogP contribution in [0.25, 0.3) is 22.5 Å². The third kappa shape index (κ3) is 4.45. The molecule has 0 amide bonds. The van der Waals surface area contributed by atoms with Gasteiger partial charge in [0.25, 0.3) is 5.56 Å². The van der Waals surface area contributed by atoms with E-state index < -0.39 is 11.7 Å². The minimum absolute atomic E-state index is 0.203. The number of aromatic amines is 1. The standard InChI is InChI=1S/C23H24F3N7O/c1-4-10-33-21(34)18-20(32-12-9-28-22(32)33)30-19(29-18)15(2)14-31(27-3)11-8-16-6-5-7-17(13-16)23(24,25)26/h5-7,9,12-14H,3-4,8,10-11H2,1-2H3,(H,29,30)/b15-14+. The highest BCUT2D eigenvalue weighted by Gasteiger charge is 2.30. The average molecular weight is 471 g/mol. The van der Waals surface area contributed by atoms with Crippen molar-refractivity contribution in [3.8, 4) is 0 Å². The van der Waals surface area contributed by atoms with Crippen molar-refractivity contribution >= 4 is 29.2 Å². The maximum atomic E-state index is 13.0. The molecule has 34 heavy (non-hydrogen) atoms. The maximum Gasteiger partial charge on any atom is 0.416 e. The summed E-state index contributed by atoms with van der Waals surface area (Å²) in [7, 11) is 0. The fraction of sp³-hybridized carbons (Fsp3) is 0.304. The molecule has 1 N–H and O–H groups in total. The van der Waals surface area contributed by atoms with E-state index in [0.717, 1.165) is 18.6 Å². The Morgan fingerprint density at radius 2 is 2.15 bits per heavy atom. The number of fused-ring (bicyclic) bond motifs is 3. The number of benzene rings is 1. The molecule has 178 valence electrons. The van der Waals surface area contributed by atoms with Crippen LogP contribution in [0.2, 0.25) is 0 Å². The molecule has 0 radical (unpaired) electrons. The van der Waals surface area contributed by atoms with Gasteiger partial charge in [-0.1, -0.05) is 25.1 Å². The first-order valence-electron chi connectivity index (χ1n) is 10.8. The minimum atomic E-state index is -4.39. The predicted octanol–water partition coefficient (Wildman–Crippen LogP) is 4.32. The molecule has 0 spiro atoms. The molecular formula is C23H24F3N7O. The molecule has 8 nitrogen and oxygen atoms in total. The molecule has 0 aliphatic heterocycles. The van der Waals surface area contributed by atoms with Crippen LogP contribution < -0.4 is 5.56 Å².